The molecular formula is C26H30N4O5. The molecule has 0 saturated carbocycles. The number of nitrogens with zero attached hydrogens (tertiary/aromatic N) is 4. The molecule has 0 unspecified atom stereocenters. The van der Waals surface area contributed by atoms with E-state index in [2.05, 4.69) is 34.7 Å². The molecule has 9 nitrogen and oxygen atoms in total. The molecule has 35 heavy (non-hydrogen) atoms. The average Bonchev–Trinajstić information content (AvgIpc) is 3.47. The van der Waals surface area contributed by atoms with Gasteiger partial charge in [-0.1, -0.05) is 48.6 Å². The molecular weight excluding hydrogens is 448 g/mol. The minimum Gasteiger partial charge on any atom is -0.471 e. The highest BCUT2D eigenvalue weighted by atomic mass is 16.6. The number of imidazole rings is 1. The summed E-state index contributed by atoms with van der Waals surface area (Å²) in [6, 6.07) is 9.86. The van der Waals surface area contributed by atoms with Gasteiger partial charge in [0, 0.05) is 0 Å². The van der Waals surface area contributed by atoms with Gasteiger partial charge in [0.1, 0.15) is 31.2 Å². The molecule has 0 N–H and O–H groups in total. The summed E-state index contributed by atoms with van der Waals surface area (Å²) in [6.07, 6.45) is 6.35. The molecule has 1 aromatic carbocycles. The first-order valence-electron chi connectivity index (χ1n) is 11.4. The Morgan fingerprint density at radius 1 is 0.914 bits per heavy atom. The lowest BCUT2D eigenvalue weighted by Gasteiger charge is -2.24. The molecule has 0 bridgehead atoms. The largest absolute Gasteiger partial charge is 0.471 e. The molecule has 1 aliphatic heterocycles. The smallest absolute Gasteiger partial charge is 0.245 e. The topological polar surface area (TPSA) is 89.8 Å². The third-order valence-corrected chi connectivity index (χ3v) is 5.43. The Hall–Kier alpha value is -3.37. The van der Waals surface area contributed by atoms with Crippen LogP contribution in [0.25, 0.3) is 11.2 Å². The summed E-state index contributed by atoms with van der Waals surface area (Å²) in [5.41, 5.74) is 2.13. The van der Waals surface area contributed by atoms with Crippen LogP contribution >= 0.6 is 0 Å². The first-order valence-corrected chi connectivity index (χ1v) is 11.4. The van der Waals surface area contributed by atoms with Crippen LogP contribution in [0.5, 0.6) is 5.88 Å². The highest BCUT2D eigenvalue weighted by molar-refractivity contribution is 5.76. The van der Waals surface area contributed by atoms with Gasteiger partial charge in [0.15, 0.2) is 17.4 Å². The fraction of sp³-hybridized carbons (Fsp3) is 0.346. The van der Waals surface area contributed by atoms with Crippen LogP contribution in [-0.4, -0.2) is 64.3 Å². The molecule has 0 spiro atoms. The number of rotatable bonds is 14. The number of aromatic nitrogens is 4. The second-order valence-corrected chi connectivity index (χ2v) is 7.84. The molecule has 9 heteroatoms. The van der Waals surface area contributed by atoms with Crippen molar-refractivity contribution >= 4 is 11.2 Å². The monoisotopic (exact) mass is 478 g/mol. The zero-order valence-electron chi connectivity index (χ0n) is 19.6. The molecule has 0 radical (unpaired) electrons. The van der Waals surface area contributed by atoms with Gasteiger partial charge >= 0.3 is 0 Å². The summed E-state index contributed by atoms with van der Waals surface area (Å²) in [4.78, 5) is 13.3. The van der Waals surface area contributed by atoms with Gasteiger partial charge in [-0.15, -0.1) is 19.7 Å². The van der Waals surface area contributed by atoms with Gasteiger partial charge in [0.05, 0.1) is 32.8 Å². The molecule has 4 atom stereocenters. The van der Waals surface area contributed by atoms with Crippen molar-refractivity contribution < 1.29 is 23.7 Å². The molecule has 1 aliphatic rings. The van der Waals surface area contributed by atoms with Crippen LogP contribution in [0.2, 0.25) is 0 Å². The highest BCUT2D eigenvalue weighted by Crippen LogP contribution is 2.36. The van der Waals surface area contributed by atoms with Crippen molar-refractivity contribution in [3.05, 3.63) is 86.5 Å². The Balaban J connectivity index is 1.61. The van der Waals surface area contributed by atoms with E-state index in [1.165, 1.54) is 6.33 Å². The van der Waals surface area contributed by atoms with E-state index in [1.807, 2.05) is 34.9 Å². The summed E-state index contributed by atoms with van der Waals surface area (Å²) in [5, 5.41) is 0. The Bertz CT molecular complexity index is 1120. The highest BCUT2D eigenvalue weighted by Gasteiger charge is 2.47. The van der Waals surface area contributed by atoms with Gasteiger partial charge in [0.2, 0.25) is 5.88 Å². The van der Waals surface area contributed by atoms with Gasteiger partial charge in [0.25, 0.3) is 0 Å². The van der Waals surface area contributed by atoms with Crippen molar-refractivity contribution in [1.29, 1.82) is 0 Å². The van der Waals surface area contributed by atoms with Gasteiger partial charge in [-0.2, -0.15) is 4.98 Å². The van der Waals surface area contributed by atoms with E-state index in [0.29, 0.717) is 50.1 Å². The third-order valence-electron chi connectivity index (χ3n) is 5.43. The second-order valence-electron chi connectivity index (χ2n) is 7.84. The van der Waals surface area contributed by atoms with E-state index in [9.17, 15) is 0 Å². The summed E-state index contributed by atoms with van der Waals surface area (Å²) >= 11 is 0. The number of benzene rings is 1. The van der Waals surface area contributed by atoms with E-state index in [1.54, 1.807) is 24.6 Å². The standard InChI is InChI=1S/C26H30N4O5/c1-4-12-31-16-20-22(32-13-5-2)23(33-14-6-3)26(35-20)30-18-29-21-24(30)27-17-28-25(21)34-15-19-10-8-7-9-11-19/h4-11,17-18,20,22-23,26H,1-3,12-16H2/t20-,22-,23-,26-/m1/s1. The molecule has 4 rings (SSSR count). The Morgan fingerprint density at radius 2 is 1.66 bits per heavy atom. The van der Waals surface area contributed by atoms with Crippen molar-refractivity contribution in [2.75, 3.05) is 26.4 Å². The summed E-state index contributed by atoms with van der Waals surface area (Å²) in [7, 11) is 0. The number of hydrogen-bond donors (Lipinski definition) is 0. The molecule has 3 heterocycles. The van der Waals surface area contributed by atoms with E-state index < -0.39 is 18.4 Å². The Morgan fingerprint density at radius 3 is 2.40 bits per heavy atom. The first kappa shape index (κ1) is 24.7. The molecule has 2 aromatic heterocycles. The number of fused-ring (bicyclic) bond motifs is 1. The van der Waals surface area contributed by atoms with Crippen molar-refractivity contribution in [1.82, 2.24) is 19.5 Å². The molecule has 0 amide bonds. The van der Waals surface area contributed by atoms with Crippen LogP contribution in [0.4, 0.5) is 0 Å². The Labute approximate surface area is 204 Å². The zero-order chi connectivity index (χ0) is 24.5. The van der Waals surface area contributed by atoms with Crippen molar-refractivity contribution in [2.45, 2.75) is 31.1 Å². The normalized spacial score (nSPS) is 21.7. The molecule has 0 aliphatic carbocycles. The minimum absolute atomic E-state index is 0.311. The number of hydrogen-bond acceptors (Lipinski definition) is 8. The van der Waals surface area contributed by atoms with E-state index in [0.717, 1.165) is 5.56 Å². The van der Waals surface area contributed by atoms with Crippen LogP contribution in [-0.2, 0) is 25.6 Å². The predicted molar refractivity (Wildman–Crippen MR) is 131 cm³/mol. The summed E-state index contributed by atoms with van der Waals surface area (Å²) in [6.45, 7) is 13.0. The van der Waals surface area contributed by atoms with E-state index in [4.69, 9.17) is 23.7 Å². The van der Waals surface area contributed by atoms with Crippen LogP contribution in [0.1, 0.15) is 11.8 Å². The zero-order valence-corrected chi connectivity index (χ0v) is 19.6. The molecule has 3 aromatic rings. The SMILES string of the molecule is C=CCOC[C@H]1O[C@@H](n2cnc3c(OCc4ccccc4)ncnc32)[C@H](OCC=C)[C@@H]1OCC=C. The lowest BCUT2D eigenvalue weighted by atomic mass is 10.1. The van der Waals surface area contributed by atoms with E-state index in [-0.39, 0.29) is 6.10 Å². The lowest BCUT2D eigenvalue weighted by Crippen LogP contribution is -2.38. The van der Waals surface area contributed by atoms with Crippen LogP contribution in [0, 0.1) is 0 Å². The fourth-order valence-corrected chi connectivity index (χ4v) is 3.92. The minimum atomic E-state index is -0.566. The first-order chi connectivity index (χ1) is 17.3. The number of ether oxygens (including phenoxy) is 5. The van der Waals surface area contributed by atoms with Crippen LogP contribution in [0.3, 0.4) is 0 Å². The van der Waals surface area contributed by atoms with Crippen molar-refractivity contribution in [3.8, 4) is 5.88 Å². The average molecular weight is 479 g/mol. The maximum absolute atomic E-state index is 6.39. The van der Waals surface area contributed by atoms with Gasteiger partial charge < -0.3 is 23.7 Å². The van der Waals surface area contributed by atoms with Gasteiger partial charge in [-0.3, -0.25) is 4.57 Å². The van der Waals surface area contributed by atoms with Gasteiger partial charge in [-0.05, 0) is 5.56 Å². The molecule has 1 fully saturated rings. The Kier molecular flexibility index (Phi) is 8.74. The maximum atomic E-state index is 6.39. The quantitative estimate of drug-likeness (QED) is 0.256. The third kappa shape index (κ3) is 5.83. The molecule has 184 valence electrons. The van der Waals surface area contributed by atoms with Crippen molar-refractivity contribution in [3.63, 3.8) is 0 Å². The van der Waals surface area contributed by atoms with Crippen LogP contribution < -0.4 is 4.74 Å². The van der Waals surface area contributed by atoms with Gasteiger partial charge in [-0.25, -0.2) is 9.97 Å². The maximum Gasteiger partial charge on any atom is 0.245 e. The summed E-state index contributed by atoms with van der Waals surface area (Å²) < 4.78 is 32.0. The lowest BCUT2D eigenvalue weighted by molar-refractivity contribution is -0.0701. The fourth-order valence-electron chi connectivity index (χ4n) is 3.92. The predicted octanol–water partition coefficient (Wildman–Crippen LogP) is 3.65. The molecule has 1 saturated heterocycles. The van der Waals surface area contributed by atoms with Crippen LogP contribution in [0.15, 0.2) is 81.0 Å². The summed E-state index contributed by atoms with van der Waals surface area (Å²) in [5.74, 6) is 0.393. The van der Waals surface area contributed by atoms with E-state index >= 15 is 0 Å². The second kappa shape index (κ2) is 12.4. The van der Waals surface area contributed by atoms with Crippen molar-refractivity contribution in [2.24, 2.45) is 0 Å².